The molecule has 0 unspecified atom stereocenters. The van der Waals surface area contributed by atoms with Gasteiger partial charge in [0.25, 0.3) is 0 Å². The van der Waals surface area contributed by atoms with Crippen LogP contribution in [0.3, 0.4) is 0 Å². The van der Waals surface area contributed by atoms with Crippen molar-refractivity contribution in [1.29, 1.82) is 0 Å². The molecule has 34 heavy (non-hydrogen) atoms. The number of benzene rings is 2. The lowest BCUT2D eigenvalue weighted by Crippen LogP contribution is -2.42. The van der Waals surface area contributed by atoms with Crippen LogP contribution in [0.5, 0.6) is 5.75 Å². The molecule has 7 rings (SSSR count). The second kappa shape index (κ2) is 7.23. The molecule has 1 saturated heterocycles. The lowest BCUT2D eigenvalue weighted by molar-refractivity contribution is -0.123. The minimum absolute atomic E-state index is 0.0470. The summed E-state index contributed by atoms with van der Waals surface area (Å²) < 4.78 is 0. The number of aromatic nitrogens is 1. The summed E-state index contributed by atoms with van der Waals surface area (Å²) in [6, 6.07) is 14.0. The number of carbonyl (C=O) groups excluding carboxylic acids is 2. The number of amides is 2. The van der Waals surface area contributed by atoms with E-state index in [2.05, 4.69) is 4.98 Å². The Hall–Kier alpha value is -2.55. The lowest BCUT2D eigenvalue weighted by Gasteiger charge is -2.43. The van der Waals surface area contributed by atoms with Crippen molar-refractivity contribution in [1.82, 2.24) is 4.98 Å². The van der Waals surface area contributed by atoms with Gasteiger partial charge in [-0.25, -0.2) is 0 Å². The molecule has 6 nitrogen and oxygen atoms in total. The Bertz CT molecular complexity index is 1400. The number of rotatable bonds is 2. The Balaban J connectivity index is 1.32. The van der Waals surface area contributed by atoms with Gasteiger partial charge in [0.15, 0.2) is 0 Å². The van der Waals surface area contributed by atoms with Crippen LogP contribution < -0.4 is 9.77 Å². The van der Waals surface area contributed by atoms with Crippen LogP contribution in [0.1, 0.15) is 22.8 Å². The third-order valence-electron chi connectivity index (χ3n) is 8.06. The first-order chi connectivity index (χ1) is 16.4. The van der Waals surface area contributed by atoms with Gasteiger partial charge in [-0.15, -0.1) is 11.8 Å². The van der Waals surface area contributed by atoms with Crippen LogP contribution in [-0.4, -0.2) is 27.2 Å². The highest BCUT2D eigenvalue weighted by molar-refractivity contribution is 8.00. The zero-order valence-electron chi connectivity index (χ0n) is 17.7. The first kappa shape index (κ1) is 20.8. The van der Waals surface area contributed by atoms with Crippen LogP contribution in [-0.2, 0) is 9.59 Å². The first-order valence-electron chi connectivity index (χ1n) is 11.2. The summed E-state index contributed by atoms with van der Waals surface area (Å²) in [5.74, 6) is -0.478. The topological polar surface area (TPSA) is 90.5 Å². The summed E-state index contributed by atoms with van der Waals surface area (Å²) in [4.78, 5) is 44.8. The third kappa shape index (κ3) is 2.73. The van der Waals surface area contributed by atoms with Crippen molar-refractivity contribution in [3.63, 3.8) is 0 Å². The number of aromatic hydroxyl groups is 1. The predicted octanol–water partition coefficient (Wildman–Crippen LogP) is 4.47. The van der Waals surface area contributed by atoms with Crippen molar-refractivity contribution in [2.45, 2.75) is 22.6 Å². The van der Waals surface area contributed by atoms with Crippen LogP contribution in [0.2, 0.25) is 5.02 Å². The van der Waals surface area contributed by atoms with E-state index in [0.717, 1.165) is 21.9 Å². The molecule has 0 radical (unpaired) electrons. The number of phenols is 1. The zero-order chi connectivity index (χ0) is 23.3. The molecule has 3 fully saturated rings. The maximum absolute atomic E-state index is 13.7. The van der Waals surface area contributed by atoms with Crippen LogP contribution >= 0.6 is 34.7 Å². The fraction of sp³-hybridized carbons (Fsp3) is 0.320. The van der Waals surface area contributed by atoms with Gasteiger partial charge >= 0.3 is 4.87 Å². The van der Waals surface area contributed by atoms with Crippen LogP contribution in [0.25, 0.3) is 0 Å². The van der Waals surface area contributed by atoms with E-state index >= 15 is 0 Å². The fourth-order valence-electron chi connectivity index (χ4n) is 6.92. The number of aromatic amines is 1. The molecule has 0 spiro atoms. The maximum Gasteiger partial charge on any atom is 0.305 e. The number of fused-ring (bicyclic) bond motifs is 9. The number of hydrogen-bond donors (Lipinski definition) is 2. The van der Waals surface area contributed by atoms with Gasteiger partial charge in [-0.3, -0.25) is 19.3 Å². The van der Waals surface area contributed by atoms with Gasteiger partial charge in [0.05, 0.1) is 22.5 Å². The highest BCUT2D eigenvalue weighted by Gasteiger charge is 2.69. The third-order valence-corrected chi connectivity index (χ3v) is 10.9. The van der Waals surface area contributed by atoms with Crippen molar-refractivity contribution < 1.29 is 14.7 Å². The quantitative estimate of drug-likeness (QED) is 0.496. The second-order valence-electron chi connectivity index (χ2n) is 9.54. The smallest absolute Gasteiger partial charge is 0.305 e. The molecule has 2 bridgehead atoms. The molecule has 2 amide bonds. The molecular formula is C25H19ClN2O4S2. The van der Waals surface area contributed by atoms with Crippen LogP contribution in [0, 0.1) is 29.6 Å². The normalized spacial score (nSPS) is 33.2. The van der Waals surface area contributed by atoms with E-state index in [1.54, 1.807) is 48.2 Å². The number of H-pyrrole nitrogens is 1. The summed E-state index contributed by atoms with van der Waals surface area (Å²) in [6.07, 6.45) is 0.845. The highest BCUT2D eigenvalue weighted by Crippen LogP contribution is 2.68. The summed E-state index contributed by atoms with van der Waals surface area (Å²) >= 11 is 8.92. The van der Waals surface area contributed by atoms with Crippen LogP contribution in [0.15, 0.2) is 58.4 Å². The van der Waals surface area contributed by atoms with Crippen molar-refractivity contribution >= 4 is 52.2 Å². The average molecular weight is 511 g/mol. The molecule has 9 heteroatoms. The number of carbonyl (C=O) groups is 2. The van der Waals surface area contributed by atoms with Crippen LogP contribution in [0.4, 0.5) is 5.69 Å². The van der Waals surface area contributed by atoms with Crippen molar-refractivity contribution in [3.8, 4) is 5.75 Å². The van der Waals surface area contributed by atoms with E-state index in [1.165, 1.54) is 16.2 Å². The Kier molecular flexibility index (Phi) is 4.42. The Morgan fingerprint density at radius 2 is 1.62 bits per heavy atom. The lowest BCUT2D eigenvalue weighted by atomic mass is 9.68. The average Bonchev–Trinajstić information content (AvgIpc) is 3.54. The standard InChI is InChI=1S/C25H19ClN2O4S2/c26-11-3-5-12(6-4-11)28-23(30)18-14-9-15(19(18)24(28)31)20-17(14)16(10-1-7-13(29)8-2-10)21-22(33-20)27-25(32)34-21/h1-8,14-20,29H,9H2,(H,27,32)/t14-,15-,16-,17-,18+,19-,20-/m1/s1. The molecule has 2 aliphatic carbocycles. The number of thiazole rings is 1. The Morgan fingerprint density at radius 1 is 0.941 bits per heavy atom. The molecule has 2 saturated carbocycles. The molecule has 1 aromatic heterocycles. The molecule has 172 valence electrons. The van der Waals surface area contributed by atoms with E-state index in [-0.39, 0.29) is 63.2 Å². The fourth-order valence-corrected chi connectivity index (χ4v) is 9.93. The number of nitrogens with zero attached hydrogens (tertiary/aromatic N) is 1. The first-order valence-corrected chi connectivity index (χ1v) is 13.3. The molecule has 2 aliphatic heterocycles. The van der Waals surface area contributed by atoms with Gasteiger partial charge in [-0.05, 0) is 66.1 Å². The highest BCUT2D eigenvalue weighted by atomic mass is 35.5. The van der Waals surface area contributed by atoms with Crippen molar-refractivity contribution in [2.24, 2.45) is 29.6 Å². The maximum atomic E-state index is 13.7. The summed E-state index contributed by atoms with van der Waals surface area (Å²) in [5, 5.41) is 11.4. The largest absolute Gasteiger partial charge is 0.508 e. The molecule has 2 aromatic carbocycles. The van der Waals surface area contributed by atoms with Gasteiger partial charge < -0.3 is 10.1 Å². The van der Waals surface area contributed by atoms with Gasteiger partial charge in [0.1, 0.15) is 5.75 Å². The SMILES string of the molecule is O=C1[C@@H]2[C@H]3C[C@@H]([C@@H]2C(=O)N1c1ccc(Cl)cc1)[C@@H]1[C@@H](c2ccc(O)cc2)c2sc(=O)[nH]c2S[C@H]31. The number of halogens is 1. The Morgan fingerprint density at radius 3 is 2.32 bits per heavy atom. The van der Waals surface area contributed by atoms with Gasteiger partial charge in [-0.2, -0.15) is 0 Å². The molecule has 7 atom stereocenters. The Labute approximate surface area is 207 Å². The number of anilines is 1. The van der Waals surface area contributed by atoms with E-state index in [4.69, 9.17) is 11.6 Å². The van der Waals surface area contributed by atoms with Gasteiger partial charge in [0, 0.05) is 21.1 Å². The van der Waals surface area contributed by atoms with E-state index < -0.39 is 0 Å². The second-order valence-corrected chi connectivity index (χ2v) is 12.2. The number of hydrogen-bond acceptors (Lipinski definition) is 6. The van der Waals surface area contributed by atoms with E-state index in [1.807, 2.05) is 12.1 Å². The van der Waals surface area contributed by atoms with Crippen molar-refractivity contribution in [2.75, 3.05) is 4.90 Å². The molecule has 4 aliphatic rings. The minimum atomic E-state index is -0.341. The number of nitrogens with one attached hydrogen (secondary N) is 1. The number of thioether (sulfide) groups is 1. The van der Waals surface area contributed by atoms with E-state index in [9.17, 15) is 19.5 Å². The zero-order valence-corrected chi connectivity index (χ0v) is 20.1. The molecule has 3 aromatic rings. The number of phenolic OH excluding ortho intramolecular Hbond substituents is 1. The van der Waals surface area contributed by atoms with Gasteiger partial charge in [-0.1, -0.05) is 35.1 Å². The molecular weight excluding hydrogens is 492 g/mol. The minimum Gasteiger partial charge on any atom is -0.508 e. The monoisotopic (exact) mass is 510 g/mol. The van der Waals surface area contributed by atoms with Crippen molar-refractivity contribution in [3.05, 3.63) is 73.7 Å². The number of imide groups is 1. The summed E-state index contributed by atoms with van der Waals surface area (Å²) in [5.41, 5.74) is 1.60. The van der Waals surface area contributed by atoms with E-state index in [0.29, 0.717) is 10.7 Å². The molecule has 2 N–H and O–H groups in total. The predicted molar refractivity (Wildman–Crippen MR) is 131 cm³/mol. The molecule has 3 heterocycles. The summed E-state index contributed by atoms with van der Waals surface area (Å²) in [6.45, 7) is 0. The summed E-state index contributed by atoms with van der Waals surface area (Å²) in [7, 11) is 0. The van der Waals surface area contributed by atoms with Gasteiger partial charge in [0.2, 0.25) is 11.8 Å².